The molecule has 0 fully saturated rings. The van der Waals surface area contributed by atoms with Crippen LogP contribution in [0.15, 0.2) is 41.9 Å². The highest BCUT2D eigenvalue weighted by molar-refractivity contribution is 7.98. The summed E-state index contributed by atoms with van der Waals surface area (Å²) in [6, 6.07) is 5.43. The van der Waals surface area contributed by atoms with Crippen LogP contribution >= 0.6 is 35.0 Å². The summed E-state index contributed by atoms with van der Waals surface area (Å²) in [6.45, 7) is 0. The maximum atomic E-state index is 6.34. The van der Waals surface area contributed by atoms with Gasteiger partial charge in [-0.25, -0.2) is 4.98 Å². The highest BCUT2D eigenvalue weighted by atomic mass is 35.5. The van der Waals surface area contributed by atoms with Crippen molar-refractivity contribution in [3.05, 3.63) is 47.0 Å². The fourth-order valence-electron chi connectivity index (χ4n) is 2.21. The maximum Gasteiger partial charge on any atom is 0.119 e. The first-order chi connectivity index (χ1) is 10.1. The number of imidazole rings is 1. The molecule has 0 aliphatic carbocycles. The molecule has 1 aromatic carbocycles. The molecule has 2 aromatic heterocycles. The Labute approximate surface area is 136 Å². The lowest BCUT2D eigenvalue weighted by Gasteiger charge is -2.07. The van der Waals surface area contributed by atoms with E-state index in [-0.39, 0.29) is 0 Å². The van der Waals surface area contributed by atoms with Gasteiger partial charge in [0.2, 0.25) is 0 Å². The predicted octanol–water partition coefficient (Wildman–Crippen LogP) is 4.30. The minimum Gasteiger partial charge on any atom is -0.302 e. The van der Waals surface area contributed by atoms with E-state index in [1.165, 1.54) is 0 Å². The zero-order valence-corrected chi connectivity index (χ0v) is 13.7. The third kappa shape index (κ3) is 2.57. The molecular formula is C14H12Cl2N4S. The van der Waals surface area contributed by atoms with Crippen molar-refractivity contribution in [2.24, 2.45) is 7.05 Å². The van der Waals surface area contributed by atoms with E-state index in [0.717, 1.165) is 22.0 Å². The first-order valence-corrected chi connectivity index (χ1v) is 8.14. The number of thioether (sulfide) groups is 1. The van der Waals surface area contributed by atoms with Crippen molar-refractivity contribution < 1.29 is 0 Å². The maximum absolute atomic E-state index is 6.34. The first kappa shape index (κ1) is 14.5. The summed E-state index contributed by atoms with van der Waals surface area (Å²) < 4.78 is 3.79. The fraction of sp³-hybridized carbons (Fsp3) is 0.143. The highest BCUT2D eigenvalue weighted by Gasteiger charge is 2.20. The first-order valence-electron chi connectivity index (χ1n) is 6.16. The Morgan fingerprint density at radius 1 is 1.24 bits per heavy atom. The van der Waals surface area contributed by atoms with Gasteiger partial charge in [-0.15, -0.1) is 11.8 Å². The second-order valence-electron chi connectivity index (χ2n) is 4.42. The Morgan fingerprint density at radius 2 is 2.05 bits per heavy atom. The Kier molecular flexibility index (Phi) is 3.97. The summed E-state index contributed by atoms with van der Waals surface area (Å²) in [5.74, 6) is 0. The van der Waals surface area contributed by atoms with E-state index in [2.05, 4.69) is 10.1 Å². The molecule has 7 heteroatoms. The summed E-state index contributed by atoms with van der Waals surface area (Å²) in [5.41, 5.74) is 2.62. The minimum atomic E-state index is 0.578. The van der Waals surface area contributed by atoms with Gasteiger partial charge in [0.15, 0.2) is 0 Å². The second kappa shape index (κ2) is 5.75. The summed E-state index contributed by atoms with van der Waals surface area (Å²) >= 11 is 13.9. The smallest absolute Gasteiger partial charge is 0.119 e. The quantitative estimate of drug-likeness (QED) is 0.668. The molecule has 21 heavy (non-hydrogen) atoms. The van der Waals surface area contributed by atoms with Crippen LogP contribution in [0.5, 0.6) is 0 Å². The summed E-state index contributed by atoms with van der Waals surface area (Å²) in [7, 11) is 1.92. The lowest BCUT2D eigenvalue weighted by Crippen LogP contribution is -1.95. The van der Waals surface area contributed by atoms with Crippen molar-refractivity contribution in [3.8, 4) is 16.9 Å². The molecule has 0 amide bonds. The molecule has 4 nitrogen and oxygen atoms in total. The van der Waals surface area contributed by atoms with Crippen LogP contribution in [0.3, 0.4) is 0 Å². The van der Waals surface area contributed by atoms with Crippen LogP contribution in [0.4, 0.5) is 0 Å². The van der Waals surface area contributed by atoms with E-state index in [1.807, 2.05) is 40.9 Å². The molecule has 0 aliphatic heterocycles. The molecule has 3 rings (SSSR count). The monoisotopic (exact) mass is 338 g/mol. The van der Waals surface area contributed by atoms with Crippen LogP contribution in [0.2, 0.25) is 10.0 Å². The van der Waals surface area contributed by atoms with Crippen molar-refractivity contribution in [1.82, 2.24) is 19.3 Å². The third-order valence-corrected chi connectivity index (χ3v) is 4.51. The van der Waals surface area contributed by atoms with Crippen molar-refractivity contribution in [1.29, 1.82) is 0 Å². The number of benzene rings is 1. The molecule has 0 N–H and O–H groups in total. The van der Waals surface area contributed by atoms with Gasteiger partial charge < -0.3 is 4.57 Å². The highest BCUT2D eigenvalue weighted by Crippen LogP contribution is 2.37. The molecule has 0 unspecified atom stereocenters. The van der Waals surface area contributed by atoms with Crippen molar-refractivity contribution in [2.75, 3.05) is 6.26 Å². The van der Waals surface area contributed by atoms with Crippen molar-refractivity contribution in [3.63, 3.8) is 0 Å². The lowest BCUT2D eigenvalue weighted by atomic mass is 10.1. The van der Waals surface area contributed by atoms with E-state index in [4.69, 9.17) is 23.2 Å². The largest absolute Gasteiger partial charge is 0.302 e. The Morgan fingerprint density at radius 3 is 2.67 bits per heavy atom. The lowest BCUT2D eigenvalue weighted by molar-refractivity contribution is 0.698. The average molecular weight is 339 g/mol. The number of hydrogen-bond donors (Lipinski definition) is 0. The van der Waals surface area contributed by atoms with Gasteiger partial charge in [-0.1, -0.05) is 23.2 Å². The van der Waals surface area contributed by atoms with E-state index in [9.17, 15) is 0 Å². The topological polar surface area (TPSA) is 35.6 Å². The number of nitrogens with zero attached hydrogens (tertiary/aromatic N) is 4. The second-order valence-corrected chi connectivity index (χ2v) is 6.06. The van der Waals surface area contributed by atoms with E-state index in [0.29, 0.717) is 10.0 Å². The third-order valence-electron chi connectivity index (χ3n) is 3.11. The molecule has 0 atom stereocenters. The molecule has 0 radical (unpaired) electrons. The molecule has 0 aliphatic rings. The molecule has 2 heterocycles. The number of aryl methyl sites for hydroxylation is 1. The van der Waals surface area contributed by atoms with Crippen LogP contribution in [0.1, 0.15) is 0 Å². The van der Waals surface area contributed by atoms with Gasteiger partial charge in [0.1, 0.15) is 16.4 Å². The van der Waals surface area contributed by atoms with Gasteiger partial charge in [0, 0.05) is 30.0 Å². The number of halogens is 2. The summed E-state index contributed by atoms with van der Waals surface area (Å²) in [5, 5.41) is 6.84. The summed E-state index contributed by atoms with van der Waals surface area (Å²) in [4.78, 5) is 4.12. The van der Waals surface area contributed by atoms with Gasteiger partial charge >= 0.3 is 0 Å². The van der Waals surface area contributed by atoms with Crippen LogP contribution in [-0.4, -0.2) is 25.6 Å². The Bertz CT molecular complexity index is 781. The van der Waals surface area contributed by atoms with Crippen LogP contribution < -0.4 is 0 Å². The van der Waals surface area contributed by atoms with E-state index < -0.39 is 0 Å². The number of rotatable bonds is 3. The summed E-state index contributed by atoms with van der Waals surface area (Å²) in [6.07, 6.45) is 7.41. The minimum absolute atomic E-state index is 0.578. The van der Waals surface area contributed by atoms with Crippen LogP contribution in [-0.2, 0) is 7.05 Å². The zero-order valence-electron chi connectivity index (χ0n) is 11.4. The molecule has 0 bridgehead atoms. The zero-order chi connectivity index (χ0) is 15.0. The normalized spacial score (nSPS) is 11.0. The van der Waals surface area contributed by atoms with Gasteiger partial charge in [-0.2, -0.15) is 5.10 Å². The van der Waals surface area contributed by atoms with Crippen LogP contribution in [0.25, 0.3) is 16.9 Å². The Balaban J connectivity index is 2.28. The predicted molar refractivity (Wildman–Crippen MR) is 87.6 cm³/mol. The number of aromatic nitrogens is 4. The fourth-order valence-corrected chi connectivity index (χ4v) is 3.41. The molecule has 0 saturated carbocycles. The molecular weight excluding hydrogens is 327 g/mol. The van der Waals surface area contributed by atoms with E-state index >= 15 is 0 Å². The molecule has 0 saturated heterocycles. The van der Waals surface area contributed by atoms with Crippen molar-refractivity contribution in [2.45, 2.75) is 5.03 Å². The average Bonchev–Trinajstić information content (AvgIpc) is 3.05. The molecule has 3 aromatic rings. The van der Waals surface area contributed by atoms with Gasteiger partial charge in [-0.05, 0) is 24.5 Å². The van der Waals surface area contributed by atoms with E-state index in [1.54, 1.807) is 30.4 Å². The van der Waals surface area contributed by atoms with Gasteiger partial charge in [0.05, 0.1) is 11.3 Å². The van der Waals surface area contributed by atoms with Crippen LogP contribution in [0, 0.1) is 0 Å². The Hall–Kier alpha value is -1.43. The molecule has 108 valence electrons. The van der Waals surface area contributed by atoms with Gasteiger partial charge in [-0.3, -0.25) is 4.68 Å². The molecule has 0 spiro atoms. The number of hydrogen-bond acceptors (Lipinski definition) is 3. The van der Waals surface area contributed by atoms with Crippen molar-refractivity contribution >= 4 is 35.0 Å². The SMILES string of the molecule is CSc1c(-n2ccnc2)c(-c2ccc(Cl)cc2Cl)nn1C. The van der Waals surface area contributed by atoms with Gasteiger partial charge in [0.25, 0.3) is 0 Å². The standard InChI is InChI=1S/C14H12Cl2N4S/c1-19-14(21-2)13(20-6-5-17-8-20)12(18-19)10-4-3-9(15)7-11(10)16/h3-8H,1-2H3.